The van der Waals surface area contributed by atoms with Gasteiger partial charge in [0.1, 0.15) is 0 Å². The highest BCUT2D eigenvalue weighted by atomic mass is 32.2. The molecule has 4 nitrogen and oxygen atoms in total. The van der Waals surface area contributed by atoms with Crippen LogP contribution in [-0.4, -0.2) is 20.7 Å². The second-order valence-electron chi connectivity index (χ2n) is 2.98. The lowest BCUT2D eigenvalue weighted by atomic mass is 10.3. The molecular weight excluding hydrogens is 222 g/mol. The molecule has 1 N–H and O–H groups in total. The molecule has 0 saturated carbocycles. The average Bonchev–Trinajstić information content (AvgIpc) is 2.50. The van der Waals surface area contributed by atoms with E-state index in [1.807, 2.05) is 13.8 Å². The predicted molar refractivity (Wildman–Crippen MR) is 54.1 cm³/mol. The summed E-state index contributed by atoms with van der Waals surface area (Å²) in [5.41, 5.74) is 0. The Morgan fingerprint density at radius 2 is 2.21 bits per heavy atom. The Hall–Kier alpha value is -0.720. The summed E-state index contributed by atoms with van der Waals surface area (Å²) in [5.74, 6) is -0.235. The highest BCUT2D eigenvalue weighted by molar-refractivity contribution is 7.81. The first kappa shape index (κ1) is 11.4. The number of carbonyl (C=O) groups excluding carboxylic acids is 1. The van der Waals surface area contributed by atoms with Gasteiger partial charge >= 0.3 is 0 Å². The van der Waals surface area contributed by atoms with Gasteiger partial charge < -0.3 is 9.87 Å². The Morgan fingerprint density at radius 3 is 2.64 bits per heavy atom. The van der Waals surface area contributed by atoms with Crippen molar-refractivity contribution in [2.45, 2.75) is 24.1 Å². The summed E-state index contributed by atoms with van der Waals surface area (Å²) < 4.78 is 21.3. The number of rotatable bonds is 3. The summed E-state index contributed by atoms with van der Waals surface area (Å²) in [4.78, 5) is 11.8. The van der Waals surface area contributed by atoms with Crippen LogP contribution in [0.1, 0.15) is 23.5 Å². The molecule has 1 aromatic heterocycles. The third-order valence-corrected chi connectivity index (χ3v) is 3.39. The lowest BCUT2D eigenvalue weighted by Gasteiger charge is -2.05. The zero-order valence-corrected chi connectivity index (χ0v) is 9.41. The van der Waals surface area contributed by atoms with E-state index in [9.17, 15) is 13.6 Å². The molecule has 0 saturated heterocycles. The maximum Gasteiger partial charge on any atom is 0.261 e. The van der Waals surface area contributed by atoms with Crippen LogP contribution in [0.15, 0.2) is 16.3 Å². The maximum atomic E-state index is 11.4. The number of hydrogen-bond acceptors (Lipinski definition) is 4. The van der Waals surface area contributed by atoms with Crippen LogP contribution in [0.5, 0.6) is 0 Å². The second-order valence-corrected chi connectivity index (χ2v) is 5.23. The number of hydrogen-bond donors (Lipinski definition) is 1. The Balaban J connectivity index is 2.76. The van der Waals surface area contributed by atoms with Gasteiger partial charge in [-0.2, -0.15) is 0 Å². The fourth-order valence-corrected chi connectivity index (χ4v) is 2.23. The summed E-state index contributed by atoms with van der Waals surface area (Å²) in [5, 5.41) is 2.68. The lowest BCUT2D eigenvalue weighted by Crippen LogP contribution is -2.29. The third kappa shape index (κ3) is 2.90. The molecule has 0 spiro atoms. The topological polar surface area (TPSA) is 69.2 Å². The largest absolute Gasteiger partial charge is 0.768 e. The smallest absolute Gasteiger partial charge is 0.261 e. The molecule has 6 heteroatoms. The van der Waals surface area contributed by atoms with Gasteiger partial charge in [-0.3, -0.25) is 9.00 Å². The van der Waals surface area contributed by atoms with E-state index in [0.29, 0.717) is 4.88 Å². The summed E-state index contributed by atoms with van der Waals surface area (Å²) in [6.07, 6.45) is 0. The molecule has 0 aromatic carbocycles. The van der Waals surface area contributed by atoms with E-state index >= 15 is 0 Å². The number of thiophene rings is 1. The maximum absolute atomic E-state index is 11.4. The highest BCUT2D eigenvalue weighted by Crippen LogP contribution is 2.18. The monoisotopic (exact) mass is 232 g/mol. The van der Waals surface area contributed by atoms with E-state index in [0.717, 1.165) is 11.3 Å². The minimum atomic E-state index is -2.25. The van der Waals surface area contributed by atoms with E-state index < -0.39 is 11.1 Å². The Labute approximate surface area is 88.6 Å². The zero-order chi connectivity index (χ0) is 10.7. The molecule has 0 aliphatic heterocycles. The molecule has 0 fully saturated rings. The van der Waals surface area contributed by atoms with Gasteiger partial charge in [0.2, 0.25) is 0 Å². The number of carbonyl (C=O) groups is 1. The van der Waals surface area contributed by atoms with Crippen LogP contribution < -0.4 is 5.32 Å². The standard InChI is InChI=1S/C8H11NO3S2/c1-5(2)9-8(10)6-3-4-7(13-6)14(11)12/h3-5H,1-2H3,(H,9,10)(H,11,12)/p-1. The minimum Gasteiger partial charge on any atom is -0.768 e. The molecule has 14 heavy (non-hydrogen) atoms. The normalized spacial score (nSPS) is 12.9. The molecule has 1 rings (SSSR count). The summed E-state index contributed by atoms with van der Waals surface area (Å²) >= 11 is -1.28. The molecular formula is C8H10NO3S2-. The minimum absolute atomic E-state index is 0.0470. The van der Waals surface area contributed by atoms with Crippen molar-refractivity contribution in [1.82, 2.24) is 5.32 Å². The van der Waals surface area contributed by atoms with E-state index in [4.69, 9.17) is 0 Å². The summed E-state index contributed by atoms with van der Waals surface area (Å²) in [7, 11) is 0. The van der Waals surface area contributed by atoms with Crippen molar-refractivity contribution in [2.24, 2.45) is 0 Å². The Morgan fingerprint density at radius 1 is 1.57 bits per heavy atom. The molecule has 0 radical (unpaired) electrons. The zero-order valence-electron chi connectivity index (χ0n) is 7.77. The number of amides is 1. The molecule has 0 bridgehead atoms. The lowest BCUT2D eigenvalue weighted by molar-refractivity contribution is 0.0947. The van der Waals surface area contributed by atoms with Gasteiger partial charge in [-0.25, -0.2) is 0 Å². The van der Waals surface area contributed by atoms with Gasteiger partial charge in [0.25, 0.3) is 5.91 Å². The first-order valence-corrected chi connectivity index (χ1v) is 5.90. The molecule has 1 aromatic rings. The van der Waals surface area contributed by atoms with Crippen LogP contribution in [-0.2, 0) is 11.1 Å². The van der Waals surface area contributed by atoms with Gasteiger partial charge in [-0.1, -0.05) is 0 Å². The van der Waals surface area contributed by atoms with Crippen molar-refractivity contribution in [3.63, 3.8) is 0 Å². The molecule has 1 heterocycles. The first-order valence-electron chi connectivity index (χ1n) is 4.00. The van der Waals surface area contributed by atoms with Crippen LogP contribution in [0.4, 0.5) is 0 Å². The number of nitrogens with one attached hydrogen (secondary N) is 1. The van der Waals surface area contributed by atoms with Gasteiger partial charge in [0, 0.05) is 6.04 Å². The molecule has 1 atom stereocenters. The van der Waals surface area contributed by atoms with Gasteiger partial charge in [-0.05, 0) is 37.1 Å². The van der Waals surface area contributed by atoms with Crippen LogP contribution in [0.25, 0.3) is 0 Å². The third-order valence-electron chi connectivity index (χ3n) is 1.39. The van der Waals surface area contributed by atoms with Crippen molar-refractivity contribution in [1.29, 1.82) is 0 Å². The molecule has 0 aliphatic carbocycles. The molecule has 78 valence electrons. The predicted octanol–water partition coefficient (Wildman–Crippen LogP) is 1.12. The van der Waals surface area contributed by atoms with Crippen molar-refractivity contribution in [2.75, 3.05) is 0 Å². The van der Waals surface area contributed by atoms with E-state index in [1.54, 1.807) is 0 Å². The van der Waals surface area contributed by atoms with Gasteiger partial charge in [-0.15, -0.1) is 11.3 Å². The van der Waals surface area contributed by atoms with Crippen molar-refractivity contribution in [3.05, 3.63) is 17.0 Å². The fraction of sp³-hybridized carbons (Fsp3) is 0.375. The summed E-state index contributed by atoms with van der Waals surface area (Å²) in [6.45, 7) is 3.69. The molecule has 0 aliphatic rings. The quantitative estimate of drug-likeness (QED) is 0.794. The van der Waals surface area contributed by atoms with Crippen molar-refractivity contribution in [3.8, 4) is 0 Å². The second kappa shape index (κ2) is 4.68. The van der Waals surface area contributed by atoms with E-state index in [-0.39, 0.29) is 16.2 Å². The van der Waals surface area contributed by atoms with Crippen LogP contribution in [0.3, 0.4) is 0 Å². The van der Waals surface area contributed by atoms with Crippen molar-refractivity contribution < 1.29 is 13.6 Å². The van der Waals surface area contributed by atoms with E-state index in [1.165, 1.54) is 12.1 Å². The summed E-state index contributed by atoms with van der Waals surface area (Å²) in [6, 6.07) is 2.97. The molecule has 1 amide bonds. The first-order chi connectivity index (χ1) is 6.50. The average molecular weight is 232 g/mol. The molecule has 1 unspecified atom stereocenters. The van der Waals surface area contributed by atoms with E-state index in [2.05, 4.69) is 5.32 Å². The van der Waals surface area contributed by atoms with Gasteiger partial charge in [0.15, 0.2) is 0 Å². The Bertz CT molecular complexity index is 359. The van der Waals surface area contributed by atoms with Gasteiger partial charge in [0.05, 0.1) is 9.09 Å². The SMILES string of the molecule is CC(C)NC(=O)c1ccc(S(=O)[O-])s1. The van der Waals surface area contributed by atoms with Crippen molar-refractivity contribution >= 4 is 28.3 Å². The highest BCUT2D eigenvalue weighted by Gasteiger charge is 2.09. The van der Waals surface area contributed by atoms with Crippen LogP contribution >= 0.6 is 11.3 Å². The van der Waals surface area contributed by atoms with Crippen LogP contribution in [0, 0.1) is 0 Å². The Kier molecular flexibility index (Phi) is 3.79. The fourth-order valence-electron chi connectivity index (χ4n) is 0.865. The van der Waals surface area contributed by atoms with Crippen LogP contribution in [0.2, 0.25) is 0 Å².